The van der Waals surface area contributed by atoms with Gasteiger partial charge in [-0.1, -0.05) is 60.7 Å². The van der Waals surface area contributed by atoms with E-state index >= 15 is 0 Å². The third-order valence-electron chi connectivity index (χ3n) is 5.31. The van der Waals surface area contributed by atoms with Gasteiger partial charge in [0.15, 0.2) is 5.96 Å². The van der Waals surface area contributed by atoms with Gasteiger partial charge < -0.3 is 20.3 Å². The van der Waals surface area contributed by atoms with Gasteiger partial charge in [-0.3, -0.25) is 9.79 Å². The third-order valence-corrected chi connectivity index (χ3v) is 5.31. The zero-order valence-corrected chi connectivity index (χ0v) is 18.4. The lowest BCUT2D eigenvalue weighted by Crippen LogP contribution is -2.39. The number of nitrogens with zero attached hydrogens (tertiary/aromatic N) is 2. The van der Waals surface area contributed by atoms with E-state index in [4.69, 9.17) is 9.73 Å². The molecule has 2 N–H and O–H groups in total. The Balaban J connectivity index is 1.37. The van der Waals surface area contributed by atoms with E-state index in [1.54, 1.807) is 0 Å². The van der Waals surface area contributed by atoms with Crippen molar-refractivity contribution in [3.63, 3.8) is 0 Å². The number of aliphatic imine (C=N–C) groups is 1. The van der Waals surface area contributed by atoms with Gasteiger partial charge >= 0.3 is 0 Å². The normalized spacial score (nSPS) is 16.5. The summed E-state index contributed by atoms with van der Waals surface area (Å²) >= 11 is 0. The van der Waals surface area contributed by atoms with Crippen LogP contribution in [0.2, 0.25) is 0 Å². The predicted molar refractivity (Wildman–Crippen MR) is 125 cm³/mol. The lowest BCUT2D eigenvalue weighted by atomic mass is 10.1. The van der Waals surface area contributed by atoms with Crippen molar-refractivity contribution in [1.82, 2.24) is 15.5 Å². The number of rotatable bonds is 11. The fourth-order valence-electron chi connectivity index (χ4n) is 3.67. The van der Waals surface area contributed by atoms with Crippen LogP contribution in [0.3, 0.4) is 0 Å². The molecule has 6 heteroatoms. The lowest BCUT2D eigenvalue weighted by Gasteiger charge is -2.16. The maximum absolute atomic E-state index is 12.4. The smallest absolute Gasteiger partial charge is 0.223 e. The average molecular weight is 423 g/mol. The summed E-state index contributed by atoms with van der Waals surface area (Å²) in [6, 6.07) is 20.5. The second kappa shape index (κ2) is 12.7. The third kappa shape index (κ3) is 8.06. The van der Waals surface area contributed by atoms with Crippen LogP contribution in [0.4, 0.5) is 0 Å². The number of hydrogen-bond acceptors (Lipinski definition) is 3. The number of ether oxygens (including phenoxy) is 1. The van der Waals surface area contributed by atoms with Gasteiger partial charge in [0.05, 0.1) is 13.2 Å². The summed E-state index contributed by atoms with van der Waals surface area (Å²) in [4.78, 5) is 19.0. The fourth-order valence-corrected chi connectivity index (χ4v) is 3.67. The topological polar surface area (TPSA) is 66.0 Å². The van der Waals surface area contributed by atoms with E-state index in [-0.39, 0.29) is 11.8 Å². The van der Waals surface area contributed by atoms with Crippen molar-refractivity contribution in [3.05, 3.63) is 71.8 Å². The highest BCUT2D eigenvalue weighted by molar-refractivity contribution is 5.80. The van der Waals surface area contributed by atoms with E-state index in [0.29, 0.717) is 32.7 Å². The molecule has 1 heterocycles. The van der Waals surface area contributed by atoms with E-state index in [1.807, 2.05) is 48.2 Å². The molecule has 1 aliphatic heterocycles. The molecule has 31 heavy (non-hydrogen) atoms. The average Bonchev–Trinajstić information content (AvgIpc) is 3.16. The van der Waals surface area contributed by atoms with Crippen molar-refractivity contribution in [3.8, 4) is 0 Å². The number of benzene rings is 2. The maximum Gasteiger partial charge on any atom is 0.223 e. The molecule has 0 spiro atoms. The van der Waals surface area contributed by atoms with Crippen LogP contribution in [0.1, 0.15) is 24.5 Å². The minimum atomic E-state index is 0.239. The molecule has 166 valence electrons. The first-order valence-electron chi connectivity index (χ1n) is 11.2. The second-order valence-corrected chi connectivity index (χ2v) is 7.83. The molecule has 0 radical (unpaired) electrons. The molecule has 1 fully saturated rings. The van der Waals surface area contributed by atoms with Crippen molar-refractivity contribution < 1.29 is 9.53 Å². The molecule has 6 nitrogen and oxygen atoms in total. The highest BCUT2D eigenvalue weighted by atomic mass is 16.5. The Morgan fingerprint density at radius 2 is 1.77 bits per heavy atom. The van der Waals surface area contributed by atoms with Gasteiger partial charge in [-0.05, 0) is 24.5 Å². The molecule has 0 aliphatic carbocycles. The first-order chi connectivity index (χ1) is 15.2. The molecule has 2 aromatic rings. The van der Waals surface area contributed by atoms with Gasteiger partial charge in [-0.2, -0.15) is 0 Å². The standard InChI is InChI=1S/C25H34N4O2/c1-2-26-25(27-14-16-31-20-22-11-7-4-8-12-22)28-18-23-17-24(30)29(19-23)15-13-21-9-5-3-6-10-21/h3-12,23H,2,13-20H2,1H3,(H2,26,27,28). The maximum atomic E-state index is 12.4. The molecule has 0 bridgehead atoms. The Labute approximate surface area is 185 Å². The molecule has 1 atom stereocenters. The Hall–Kier alpha value is -2.86. The Bertz CT molecular complexity index is 811. The Morgan fingerprint density at radius 3 is 2.48 bits per heavy atom. The molecule has 1 aliphatic rings. The number of hydrogen-bond donors (Lipinski definition) is 2. The van der Waals surface area contributed by atoms with Crippen LogP contribution in [0.5, 0.6) is 0 Å². The number of carbonyl (C=O) groups is 1. The van der Waals surface area contributed by atoms with Crippen molar-refractivity contribution in [2.45, 2.75) is 26.4 Å². The van der Waals surface area contributed by atoms with Crippen LogP contribution in [-0.2, 0) is 22.6 Å². The highest BCUT2D eigenvalue weighted by Crippen LogP contribution is 2.18. The first-order valence-corrected chi connectivity index (χ1v) is 11.2. The zero-order valence-electron chi connectivity index (χ0n) is 18.4. The Kier molecular flexibility index (Phi) is 9.38. The molecule has 2 aromatic carbocycles. The summed E-state index contributed by atoms with van der Waals surface area (Å²) in [6.45, 7) is 6.96. The van der Waals surface area contributed by atoms with Crippen molar-refractivity contribution in [1.29, 1.82) is 0 Å². The lowest BCUT2D eigenvalue weighted by molar-refractivity contribution is -0.127. The highest BCUT2D eigenvalue weighted by Gasteiger charge is 2.28. The predicted octanol–water partition coefficient (Wildman–Crippen LogP) is 2.85. The van der Waals surface area contributed by atoms with Crippen molar-refractivity contribution in [2.75, 3.05) is 39.3 Å². The van der Waals surface area contributed by atoms with Crippen LogP contribution in [0.15, 0.2) is 65.7 Å². The molecule has 0 aromatic heterocycles. The fraction of sp³-hybridized carbons (Fsp3) is 0.440. The number of likely N-dealkylation sites (tertiary alicyclic amines) is 1. The first kappa shape index (κ1) is 22.8. The minimum absolute atomic E-state index is 0.239. The summed E-state index contributed by atoms with van der Waals surface area (Å²) in [7, 11) is 0. The van der Waals surface area contributed by atoms with Crippen LogP contribution >= 0.6 is 0 Å². The molecule has 0 saturated carbocycles. The molecule has 1 unspecified atom stereocenters. The number of nitrogens with one attached hydrogen (secondary N) is 2. The summed E-state index contributed by atoms with van der Waals surface area (Å²) in [6.07, 6.45) is 1.48. The minimum Gasteiger partial charge on any atom is -0.375 e. The van der Waals surface area contributed by atoms with Crippen LogP contribution in [0, 0.1) is 5.92 Å². The number of carbonyl (C=O) groups excluding carboxylic acids is 1. The van der Waals surface area contributed by atoms with E-state index in [9.17, 15) is 4.79 Å². The van der Waals surface area contributed by atoms with E-state index in [1.165, 1.54) is 11.1 Å². The van der Waals surface area contributed by atoms with Gasteiger partial charge in [0.2, 0.25) is 5.91 Å². The van der Waals surface area contributed by atoms with Gasteiger partial charge in [0, 0.05) is 45.1 Å². The van der Waals surface area contributed by atoms with Crippen LogP contribution in [0.25, 0.3) is 0 Å². The Morgan fingerprint density at radius 1 is 1.06 bits per heavy atom. The summed E-state index contributed by atoms with van der Waals surface area (Å²) in [5.41, 5.74) is 2.44. The number of guanidine groups is 1. The van der Waals surface area contributed by atoms with Crippen LogP contribution in [-0.4, -0.2) is 56.1 Å². The van der Waals surface area contributed by atoms with Crippen LogP contribution < -0.4 is 10.6 Å². The van der Waals surface area contributed by atoms with Crippen molar-refractivity contribution >= 4 is 11.9 Å². The molecule has 1 saturated heterocycles. The van der Waals surface area contributed by atoms with E-state index in [0.717, 1.165) is 32.0 Å². The SMILES string of the molecule is CCNC(=NCC1CC(=O)N(CCc2ccccc2)C1)NCCOCc1ccccc1. The summed E-state index contributed by atoms with van der Waals surface area (Å²) in [5.74, 6) is 1.29. The number of amides is 1. The summed E-state index contributed by atoms with van der Waals surface area (Å²) in [5, 5.41) is 6.58. The van der Waals surface area contributed by atoms with E-state index < -0.39 is 0 Å². The van der Waals surface area contributed by atoms with Gasteiger partial charge in [0.1, 0.15) is 0 Å². The van der Waals surface area contributed by atoms with Gasteiger partial charge in [-0.25, -0.2) is 0 Å². The largest absolute Gasteiger partial charge is 0.375 e. The van der Waals surface area contributed by atoms with Gasteiger partial charge in [0.25, 0.3) is 0 Å². The second-order valence-electron chi connectivity index (χ2n) is 7.83. The summed E-state index contributed by atoms with van der Waals surface area (Å²) < 4.78 is 5.72. The zero-order chi connectivity index (χ0) is 21.7. The molecule has 1 amide bonds. The molecule has 3 rings (SSSR count). The van der Waals surface area contributed by atoms with E-state index in [2.05, 4.69) is 34.9 Å². The molecular weight excluding hydrogens is 388 g/mol. The molecular formula is C25H34N4O2. The monoisotopic (exact) mass is 422 g/mol. The quantitative estimate of drug-likeness (QED) is 0.332. The van der Waals surface area contributed by atoms with Gasteiger partial charge in [-0.15, -0.1) is 0 Å². The van der Waals surface area contributed by atoms with Crippen molar-refractivity contribution in [2.24, 2.45) is 10.9 Å².